The molecule has 0 atom stereocenters. The maximum Gasteiger partial charge on any atom is 0.287 e. The number of amides is 1. The zero-order valence-corrected chi connectivity index (χ0v) is 11.1. The van der Waals surface area contributed by atoms with Gasteiger partial charge >= 0.3 is 0 Å². The number of benzene rings is 1. The monoisotopic (exact) mass is 259 g/mol. The van der Waals surface area contributed by atoms with E-state index in [1.807, 2.05) is 31.2 Å². The molecule has 0 saturated heterocycles. The lowest BCUT2D eigenvalue weighted by molar-refractivity contribution is 0.0922. The molecule has 0 aliphatic carbocycles. The fraction of sp³-hybridized carbons (Fsp3) is 0.267. The minimum absolute atomic E-state index is 0.199. The zero-order valence-electron chi connectivity index (χ0n) is 11.1. The van der Waals surface area contributed by atoms with Gasteiger partial charge in [-0.3, -0.25) is 4.79 Å². The molecule has 0 saturated carbocycles. The molecular formula is C15H17NO3. The summed E-state index contributed by atoms with van der Waals surface area (Å²) < 4.78 is 10.3. The van der Waals surface area contributed by atoms with Crippen LogP contribution in [0.3, 0.4) is 0 Å². The Morgan fingerprint density at radius 1 is 1.26 bits per heavy atom. The first-order valence-electron chi connectivity index (χ1n) is 6.10. The number of furan rings is 1. The number of methoxy groups -OCH3 is 1. The highest BCUT2D eigenvalue weighted by atomic mass is 16.5. The number of carbonyl (C=O) groups is 1. The van der Waals surface area contributed by atoms with E-state index < -0.39 is 0 Å². The summed E-state index contributed by atoms with van der Waals surface area (Å²) in [6.45, 7) is 2.83. The Morgan fingerprint density at radius 2 is 2.00 bits per heavy atom. The van der Waals surface area contributed by atoms with Crippen molar-refractivity contribution in [3.05, 3.63) is 59.0 Å². The molecular weight excluding hydrogens is 242 g/mol. The lowest BCUT2D eigenvalue weighted by Gasteiger charge is -2.09. The predicted octanol–water partition coefficient (Wildman–Crippen LogP) is 2.66. The summed E-state index contributed by atoms with van der Waals surface area (Å²) in [6, 6.07) is 9.63. The van der Waals surface area contributed by atoms with Crippen LogP contribution >= 0.6 is 0 Å². The van der Waals surface area contributed by atoms with Crippen LogP contribution in [0.15, 0.2) is 41.0 Å². The van der Waals surface area contributed by atoms with Crippen LogP contribution in [0.1, 0.15) is 27.2 Å². The summed E-state index contributed by atoms with van der Waals surface area (Å²) in [5, 5.41) is 2.85. The van der Waals surface area contributed by atoms with Crippen LogP contribution in [-0.4, -0.2) is 13.0 Å². The molecule has 1 aromatic carbocycles. The van der Waals surface area contributed by atoms with Gasteiger partial charge in [-0.1, -0.05) is 24.3 Å². The van der Waals surface area contributed by atoms with Crippen LogP contribution in [0.2, 0.25) is 0 Å². The second-order valence-corrected chi connectivity index (χ2v) is 4.32. The van der Waals surface area contributed by atoms with Gasteiger partial charge in [-0.05, 0) is 24.1 Å². The van der Waals surface area contributed by atoms with E-state index >= 15 is 0 Å². The molecule has 1 N–H and O–H groups in total. The number of hydrogen-bond donors (Lipinski definition) is 1. The molecule has 0 spiro atoms. The molecule has 1 amide bonds. The smallest absolute Gasteiger partial charge is 0.287 e. The molecule has 0 fully saturated rings. The van der Waals surface area contributed by atoms with Crippen molar-refractivity contribution in [3.8, 4) is 0 Å². The van der Waals surface area contributed by atoms with Crippen molar-refractivity contribution in [2.45, 2.75) is 20.1 Å². The van der Waals surface area contributed by atoms with Gasteiger partial charge in [0.2, 0.25) is 0 Å². The quantitative estimate of drug-likeness (QED) is 0.898. The van der Waals surface area contributed by atoms with Crippen molar-refractivity contribution in [2.24, 2.45) is 0 Å². The van der Waals surface area contributed by atoms with Crippen molar-refractivity contribution in [3.63, 3.8) is 0 Å². The molecule has 2 rings (SSSR count). The van der Waals surface area contributed by atoms with Gasteiger partial charge in [0, 0.05) is 19.2 Å². The van der Waals surface area contributed by atoms with Crippen molar-refractivity contribution in [2.75, 3.05) is 7.11 Å². The van der Waals surface area contributed by atoms with E-state index in [0.29, 0.717) is 18.9 Å². The van der Waals surface area contributed by atoms with Crippen LogP contribution in [-0.2, 0) is 17.9 Å². The molecule has 4 heteroatoms. The molecule has 0 bridgehead atoms. The number of nitrogens with one attached hydrogen (secondary N) is 1. The summed E-state index contributed by atoms with van der Waals surface area (Å²) in [4.78, 5) is 11.9. The van der Waals surface area contributed by atoms with E-state index in [1.54, 1.807) is 13.2 Å². The minimum atomic E-state index is -0.199. The lowest BCUT2D eigenvalue weighted by Crippen LogP contribution is -2.23. The molecule has 0 aliphatic rings. The van der Waals surface area contributed by atoms with E-state index in [9.17, 15) is 4.79 Å². The summed E-state index contributed by atoms with van der Waals surface area (Å²) >= 11 is 0. The first kappa shape index (κ1) is 13.4. The number of ether oxygens (including phenoxy) is 1. The predicted molar refractivity (Wildman–Crippen MR) is 71.8 cm³/mol. The number of rotatable bonds is 5. The summed E-state index contributed by atoms with van der Waals surface area (Å²) in [7, 11) is 1.65. The van der Waals surface area contributed by atoms with Gasteiger partial charge in [0.05, 0.1) is 12.9 Å². The first-order chi connectivity index (χ1) is 9.22. The number of hydrogen-bond acceptors (Lipinski definition) is 3. The second-order valence-electron chi connectivity index (χ2n) is 4.32. The second kappa shape index (κ2) is 6.20. The Hall–Kier alpha value is -2.07. The zero-order chi connectivity index (χ0) is 13.7. The van der Waals surface area contributed by atoms with Crippen LogP contribution in [0.5, 0.6) is 0 Å². The van der Waals surface area contributed by atoms with Crippen molar-refractivity contribution in [1.82, 2.24) is 5.32 Å². The maximum absolute atomic E-state index is 11.9. The largest absolute Gasteiger partial charge is 0.459 e. The van der Waals surface area contributed by atoms with Gasteiger partial charge in [0.25, 0.3) is 5.91 Å². The Labute approximate surface area is 112 Å². The normalized spacial score (nSPS) is 10.4. The van der Waals surface area contributed by atoms with E-state index in [2.05, 4.69) is 5.32 Å². The van der Waals surface area contributed by atoms with Crippen molar-refractivity contribution >= 4 is 5.91 Å². The minimum Gasteiger partial charge on any atom is -0.459 e. The number of carbonyl (C=O) groups excluding carboxylic acids is 1. The standard InChI is InChI=1S/C15H17NO3/c1-11-7-8-19-14(11)15(17)16-9-12-5-3-4-6-13(12)10-18-2/h3-8H,9-10H2,1-2H3,(H,16,17). The molecule has 2 aromatic rings. The van der Waals surface area contributed by atoms with Gasteiger partial charge in [-0.25, -0.2) is 0 Å². The topological polar surface area (TPSA) is 51.5 Å². The van der Waals surface area contributed by atoms with Crippen LogP contribution < -0.4 is 5.32 Å². The third-order valence-electron chi connectivity index (χ3n) is 2.93. The first-order valence-corrected chi connectivity index (χ1v) is 6.10. The molecule has 4 nitrogen and oxygen atoms in total. The van der Waals surface area contributed by atoms with E-state index in [-0.39, 0.29) is 5.91 Å². The van der Waals surface area contributed by atoms with Crippen LogP contribution in [0.25, 0.3) is 0 Å². The van der Waals surface area contributed by atoms with Crippen molar-refractivity contribution in [1.29, 1.82) is 0 Å². The van der Waals surface area contributed by atoms with Crippen molar-refractivity contribution < 1.29 is 13.9 Å². The number of aryl methyl sites for hydroxylation is 1. The SMILES string of the molecule is COCc1ccccc1CNC(=O)c1occc1C. The van der Waals surface area contributed by atoms with Gasteiger partial charge in [0.1, 0.15) is 0 Å². The highest BCUT2D eigenvalue weighted by molar-refractivity contribution is 5.92. The van der Waals surface area contributed by atoms with Crippen LogP contribution in [0, 0.1) is 6.92 Å². The molecule has 0 radical (unpaired) electrons. The van der Waals surface area contributed by atoms with Gasteiger partial charge in [0.15, 0.2) is 5.76 Å². The molecule has 100 valence electrons. The van der Waals surface area contributed by atoms with Gasteiger partial charge in [-0.15, -0.1) is 0 Å². The Balaban J connectivity index is 2.03. The molecule has 0 unspecified atom stereocenters. The Bertz CT molecular complexity index is 560. The summed E-state index contributed by atoms with van der Waals surface area (Å²) in [6.07, 6.45) is 1.52. The molecule has 0 aliphatic heterocycles. The Morgan fingerprint density at radius 3 is 2.63 bits per heavy atom. The third kappa shape index (κ3) is 3.23. The fourth-order valence-electron chi connectivity index (χ4n) is 1.89. The average Bonchev–Trinajstić information content (AvgIpc) is 2.84. The maximum atomic E-state index is 11.9. The Kier molecular flexibility index (Phi) is 4.36. The van der Waals surface area contributed by atoms with Gasteiger partial charge in [-0.2, -0.15) is 0 Å². The van der Waals surface area contributed by atoms with E-state index in [1.165, 1.54) is 6.26 Å². The van der Waals surface area contributed by atoms with E-state index in [4.69, 9.17) is 9.15 Å². The summed E-state index contributed by atoms with van der Waals surface area (Å²) in [5.74, 6) is 0.166. The molecule has 1 aromatic heterocycles. The highest BCUT2D eigenvalue weighted by Crippen LogP contribution is 2.11. The highest BCUT2D eigenvalue weighted by Gasteiger charge is 2.12. The average molecular weight is 259 g/mol. The van der Waals surface area contributed by atoms with E-state index in [0.717, 1.165) is 16.7 Å². The van der Waals surface area contributed by atoms with Gasteiger partial charge < -0.3 is 14.5 Å². The molecule has 19 heavy (non-hydrogen) atoms. The summed E-state index contributed by atoms with van der Waals surface area (Å²) in [5.41, 5.74) is 2.95. The lowest BCUT2D eigenvalue weighted by atomic mass is 10.1. The fourth-order valence-corrected chi connectivity index (χ4v) is 1.89. The third-order valence-corrected chi connectivity index (χ3v) is 2.93. The molecule has 1 heterocycles. The van der Waals surface area contributed by atoms with Crippen LogP contribution in [0.4, 0.5) is 0 Å².